The zero-order chi connectivity index (χ0) is 19.4. The molecule has 1 aliphatic heterocycles. The van der Waals surface area contributed by atoms with Crippen molar-refractivity contribution in [1.82, 2.24) is 0 Å². The Bertz CT molecular complexity index is 987. The standard InChI is InChI=1S/C19H21N3O3S2/c1-3-14-9-5-6-10-15(14)20-18(23)13-26-19-21-27(24,25)17-12-8-7-11-16(17)22(19)4-2/h5-12H,3-4,13H2,1-2H3,(H,20,23). The van der Waals surface area contributed by atoms with Crippen LogP contribution in [0.15, 0.2) is 57.8 Å². The minimum atomic E-state index is -3.76. The van der Waals surface area contributed by atoms with Crippen molar-refractivity contribution in [1.29, 1.82) is 0 Å². The van der Waals surface area contributed by atoms with E-state index < -0.39 is 10.0 Å². The number of para-hydroxylation sites is 2. The highest BCUT2D eigenvalue weighted by Gasteiger charge is 2.30. The Morgan fingerprint density at radius 2 is 1.81 bits per heavy atom. The number of carbonyl (C=O) groups is 1. The molecule has 142 valence electrons. The van der Waals surface area contributed by atoms with Gasteiger partial charge in [0.1, 0.15) is 4.90 Å². The van der Waals surface area contributed by atoms with Crippen LogP contribution in [-0.2, 0) is 21.2 Å². The smallest absolute Gasteiger partial charge is 0.286 e. The molecule has 0 atom stereocenters. The molecule has 0 spiro atoms. The lowest BCUT2D eigenvalue weighted by molar-refractivity contribution is -0.113. The van der Waals surface area contributed by atoms with Gasteiger partial charge in [0.25, 0.3) is 10.0 Å². The van der Waals surface area contributed by atoms with Gasteiger partial charge in [0.05, 0.1) is 11.4 Å². The maximum atomic E-state index is 12.4. The van der Waals surface area contributed by atoms with Crippen LogP contribution >= 0.6 is 11.8 Å². The molecule has 0 aromatic heterocycles. The molecule has 3 rings (SSSR count). The number of sulfonamides is 1. The van der Waals surface area contributed by atoms with E-state index in [1.54, 1.807) is 24.3 Å². The molecule has 6 nitrogen and oxygen atoms in total. The summed E-state index contributed by atoms with van der Waals surface area (Å²) in [6.45, 7) is 4.50. The van der Waals surface area contributed by atoms with Crippen LogP contribution in [0.3, 0.4) is 0 Å². The number of thioether (sulfide) groups is 1. The van der Waals surface area contributed by atoms with Crippen molar-refractivity contribution in [2.75, 3.05) is 22.5 Å². The van der Waals surface area contributed by atoms with Crippen LogP contribution in [0.4, 0.5) is 11.4 Å². The third kappa shape index (κ3) is 4.17. The predicted octanol–water partition coefficient (Wildman–Crippen LogP) is 3.51. The number of anilines is 2. The molecule has 1 amide bonds. The molecule has 1 aliphatic rings. The summed E-state index contributed by atoms with van der Waals surface area (Å²) in [5.74, 6) is -0.124. The fourth-order valence-electron chi connectivity index (χ4n) is 2.88. The van der Waals surface area contributed by atoms with Gasteiger partial charge in [-0.15, -0.1) is 4.40 Å². The van der Waals surface area contributed by atoms with Gasteiger partial charge in [-0.25, -0.2) is 0 Å². The molecule has 0 bridgehead atoms. The molecule has 0 saturated heterocycles. The van der Waals surface area contributed by atoms with E-state index in [2.05, 4.69) is 9.71 Å². The number of benzene rings is 2. The van der Waals surface area contributed by atoms with Crippen molar-refractivity contribution < 1.29 is 13.2 Å². The topological polar surface area (TPSA) is 78.8 Å². The molecule has 2 aromatic carbocycles. The number of nitrogens with zero attached hydrogens (tertiary/aromatic N) is 2. The van der Waals surface area contributed by atoms with Gasteiger partial charge in [0.15, 0.2) is 5.17 Å². The van der Waals surface area contributed by atoms with Crippen molar-refractivity contribution in [2.45, 2.75) is 25.2 Å². The largest absolute Gasteiger partial charge is 0.325 e. The average Bonchev–Trinajstić information content (AvgIpc) is 2.67. The van der Waals surface area contributed by atoms with Crippen molar-refractivity contribution in [2.24, 2.45) is 4.40 Å². The molecule has 1 N–H and O–H groups in total. The SMILES string of the molecule is CCc1ccccc1NC(=O)CSC1=NS(=O)(=O)c2ccccc2N1CC. The van der Waals surface area contributed by atoms with Crippen molar-refractivity contribution in [3.05, 3.63) is 54.1 Å². The Morgan fingerprint density at radius 3 is 2.56 bits per heavy atom. The number of hydrogen-bond acceptors (Lipinski definition) is 5. The molecule has 0 fully saturated rings. The normalized spacial score (nSPS) is 15.0. The van der Waals surface area contributed by atoms with Crippen molar-refractivity contribution >= 4 is 44.2 Å². The molecule has 2 aromatic rings. The number of rotatable bonds is 5. The number of amides is 1. The first kappa shape index (κ1) is 19.4. The summed E-state index contributed by atoms with van der Waals surface area (Å²) in [5, 5.41) is 3.21. The van der Waals surface area contributed by atoms with Crippen molar-refractivity contribution in [3.8, 4) is 0 Å². The van der Waals surface area contributed by atoms with Gasteiger partial charge < -0.3 is 10.2 Å². The van der Waals surface area contributed by atoms with E-state index >= 15 is 0 Å². The second kappa shape index (κ2) is 8.14. The highest BCUT2D eigenvalue weighted by atomic mass is 32.2. The predicted molar refractivity (Wildman–Crippen MR) is 111 cm³/mol. The van der Waals surface area contributed by atoms with Crippen LogP contribution in [0.2, 0.25) is 0 Å². The molecule has 27 heavy (non-hydrogen) atoms. The fraction of sp³-hybridized carbons (Fsp3) is 0.263. The molecule has 1 heterocycles. The highest BCUT2D eigenvalue weighted by molar-refractivity contribution is 8.15. The number of amidine groups is 1. The van der Waals surface area contributed by atoms with E-state index in [4.69, 9.17) is 0 Å². The first-order chi connectivity index (χ1) is 13.0. The number of hydrogen-bond donors (Lipinski definition) is 1. The van der Waals surface area contributed by atoms with E-state index in [1.807, 2.05) is 43.0 Å². The van der Waals surface area contributed by atoms with Gasteiger partial charge in [-0.3, -0.25) is 4.79 Å². The molecule has 0 aliphatic carbocycles. The van der Waals surface area contributed by atoms with Gasteiger partial charge in [-0.1, -0.05) is 49.0 Å². The highest BCUT2D eigenvalue weighted by Crippen LogP contribution is 2.33. The zero-order valence-electron chi connectivity index (χ0n) is 15.2. The summed E-state index contributed by atoms with van der Waals surface area (Å²) in [6, 6.07) is 14.4. The maximum Gasteiger partial charge on any atom is 0.286 e. The quantitative estimate of drug-likeness (QED) is 0.827. The first-order valence-corrected chi connectivity index (χ1v) is 11.1. The molecule has 8 heteroatoms. The molecule has 0 radical (unpaired) electrons. The summed E-state index contributed by atoms with van der Waals surface area (Å²) in [6.07, 6.45) is 0.814. The Kier molecular flexibility index (Phi) is 5.86. The average molecular weight is 404 g/mol. The summed E-state index contributed by atoms with van der Waals surface area (Å²) in [7, 11) is -3.76. The minimum Gasteiger partial charge on any atom is -0.325 e. The molecule has 0 unspecified atom stereocenters. The van der Waals surface area contributed by atoms with Crippen molar-refractivity contribution in [3.63, 3.8) is 0 Å². The number of aryl methyl sites for hydroxylation is 1. The summed E-state index contributed by atoms with van der Waals surface area (Å²) in [4.78, 5) is 14.4. The lowest BCUT2D eigenvalue weighted by Gasteiger charge is -2.29. The second-order valence-electron chi connectivity index (χ2n) is 5.91. The fourth-order valence-corrected chi connectivity index (χ4v) is 5.20. The monoisotopic (exact) mass is 403 g/mol. The molecular weight excluding hydrogens is 382 g/mol. The maximum absolute atomic E-state index is 12.4. The lowest BCUT2D eigenvalue weighted by Crippen LogP contribution is -2.34. The third-order valence-electron chi connectivity index (χ3n) is 4.18. The van der Waals surface area contributed by atoms with Crippen LogP contribution in [0.25, 0.3) is 0 Å². The van der Waals surface area contributed by atoms with Gasteiger partial charge in [-0.2, -0.15) is 8.42 Å². The number of fused-ring (bicyclic) bond motifs is 1. The zero-order valence-corrected chi connectivity index (χ0v) is 16.8. The first-order valence-electron chi connectivity index (χ1n) is 8.68. The second-order valence-corrected chi connectivity index (χ2v) is 8.42. The Balaban J connectivity index is 1.75. The van der Waals surface area contributed by atoms with Gasteiger partial charge >= 0.3 is 0 Å². The van der Waals surface area contributed by atoms with Crippen LogP contribution < -0.4 is 10.2 Å². The molecule has 0 saturated carbocycles. The Hall–Kier alpha value is -2.32. The number of nitrogens with one attached hydrogen (secondary N) is 1. The van der Waals surface area contributed by atoms with Crippen LogP contribution in [0.5, 0.6) is 0 Å². The van der Waals surface area contributed by atoms with Crippen LogP contribution in [0.1, 0.15) is 19.4 Å². The van der Waals surface area contributed by atoms with Gasteiger partial charge in [-0.05, 0) is 37.1 Å². The lowest BCUT2D eigenvalue weighted by atomic mass is 10.1. The van der Waals surface area contributed by atoms with Gasteiger partial charge in [0, 0.05) is 12.2 Å². The summed E-state index contributed by atoms with van der Waals surface area (Å²) < 4.78 is 28.8. The van der Waals surface area contributed by atoms with Gasteiger partial charge in [0.2, 0.25) is 5.91 Å². The van der Waals surface area contributed by atoms with Crippen LogP contribution in [0, 0.1) is 0 Å². The van der Waals surface area contributed by atoms with E-state index in [1.165, 1.54) is 0 Å². The number of carbonyl (C=O) groups excluding carboxylic acids is 1. The Morgan fingerprint density at radius 1 is 1.11 bits per heavy atom. The molecular formula is C19H21N3O3S2. The summed E-state index contributed by atoms with van der Waals surface area (Å²) >= 11 is 1.12. The van der Waals surface area contributed by atoms with E-state index in [0.717, 1.165) is 29.4 Å². The van der Waals surface area contributed by atoms with E-state index in [-0.39, 0.29) is 16.6 Å². The Labute approximate surface area is 163 Å². The minimum absolute atomic E-state index is 0.0745. The van der Waals surface area contributed by atoms with Crippen LogP contribution in [-0.4, -0.2) is 31.8 Å². The summed E-state index contributed by atoms with van der Waals surface area (Å²) in [5.41, 5.74) is 2.42. The third-order valence-corrected chi connectivity index (χ3v) is 6.59. The van der Waals surface area contributed by atoms with E-state index in [0.29, 0.717) is 17.4 Å². The van der Waals surface area contributed by atoms with E-state index in [9.17, 15) is 13.2 Å².